The highest BCUT2D eigenvalue weighted by Gasteiger charge is 2.33. The van der Waals surface area contributed by atoms with Gasteiger partial charge in [-0.15, -0.1) is 13.2 Å². The lowest BCUT2D eigenvalue weighted by Crippen LogP contribution is -2.17. The zero-order chi connectivity index (χ0) is 11.8. The van der Waals surface area contributed by atoms with Crippen LogP contribution in [0.3, 0.4) is 0 Å². The molecule has 0 saturated carbocycles. The van der Waals surface area contributed by atoms with Gasteiger partial charge >= 0.3 is 6.36 Å². The number of halogens is 6. The van der Waals surface area contributed by atoms with Crippen LogP contribution < -0.4 is 10.5 Å². The molecule has 0 bridgehead atoms. The van der Waals surface area contributed by atoms with Crippen LogP contribution in [0.5, 0.6) is 5.75 Å². The summed E-state index contributed by atoms with van der Waals surface area (Å²) in [5, 5.41) is -0.872. The topological polar surface area (TPSA) is 35.2 Å². The van der Waals surface area contributed by atoms with Crippen LogP contribution in [-0.4, -0.2) is 6.36 Å². The summed E-state index contributed by atoms with van der Waals surface area (Å²) >= 11 is 16.5. The average molecular weight is 280 g/mol. The minimum atomic E-state index is -4.87. The number of alkyl halides is 3. The van der Waals surface area contributed by atoms with Crippen LogP contribution in [0.1, 0.15) is 0 Å². The van der Waals surface area contributed by atoms with Gasteiger partial charge in [0.15, 0.2) is 5.75 Å². The van der Waals surface area contributed by atoms with E-state index in [9.17, 15) is 13.2 Å². The molecule has 2 nitrogen and oxygen atoms in total. The molecule has 0 aliphatic rings. The molecule has 0 heterocycles. The van der Waals surface area contributed by atoms with E-state index in [1.807, 2.05) is 0 Å². The van der Waals surface area contributed by atoms with Crippen molar-refractivity contribution in [2.24, 2.45) is 0 Å². The maximum Gasteiger partial charge on any atom is 0.573 e. The SMILES string of the molecule is Nc1c(Cl)cc(OC(F)(F)F)c(Cl)c1Cl. The van der Waals surface area contributed by atoms with Crippen LogP contribution in [0.15, 0.2) is 6.07 Å². The summed E-state index contributed by atoms with van der Waals surface area (Å²) < 4.78 is 39.3. The van der Waals surface area contributed by atoms with Crippen molar-refractivity contribution in [3.05, 3.63) is 21.1 Å². The largest absolute Gasteiger partial charge is 0.573 e. The second-order valence-corrected chi connectivity index (χ2v) is 3.61. The first-order valence-corrected chi connectivity index (χ1v) is 4.54. The van der Waals surface area contributed by atoms with E-state index in [0.29, 0.717) is 0 Å². The van der Waals surface area contributed by atoms with Crippen molar-refractivity contribution in [1.29, 1.82) is 0 Å². The van der Waals surface area contributed by atoms with Gasteiger partial charge in [0.1, 0.15) is 5.02 Å². The molecule has 1 aromatic rings. The fraction of sp³-hybridized carbons (Fsp3) is 0.143. The summed E-state index contributed by atoms with van der Waals surface area (Å²) in [5.74, 6) is -0.687. The first-order chi connectivity index (χ1) is 6.72. The lowest BCUT2D eigenvalue weighted by molar-refractivity contribution is -0.274. The summed E-state index contributed by atoms with van der Waals surface area (Å²) in [6.07, 6.45) is -4.87. The summed E-state index contributed by atoms with van der Waals surface area (Å²) in [5.41, 5.74) is 5.23. The molecule has 0 atom stereocenters. The Bertz CT molecular complexity index is 394. The molecular formula is C7H3Cl3F3NO. The predicted molar refractivity (Wildman–Crippen MR) is 52.6 cm³/mol. The Kier molecular flexibility index (Phi) is 3.48. The number of anilines is 1. The molecule has 1 aromatic carbocycles. The Morgan fingerprint density at radius 3 is 2.13 bits per heavy atom. The number of nitrogens with two attached hydrogens (primary N) is 1. The Hall–Kier alpha value is -0.520. The number of rotatable bonds is 1. The smallest absolute Gasteiger partial charge is 0.404 e. The number of benzene rings is 1. The highest BCUT2D eigenvalue weighted by atomic mass is 35.5. The van der Waals surface area contributed by atoms with Crippen LogP contribution in [0.25, 0.3) is 0 Å². The summed E-state index contributed by atoms with van der Waals surface area (Å²) in [7, 11) is 0. The number of ether oxygens (including phenoxy) is 1. The molecule has 0 amide bonds. The minimum Gasteiger partial charge on any atom is -0.404 e. The Morgan fingerprint density at radius 2 is 1.67 bits per heavy atom. The van der Waals surface area contributed by atoms with Gasteiger partial charge in [-0.05, 0) is 0 Å². The van der Waals surface area contributed by atoms with Crippen molar-refractivity contribution in [3.8, 4) is 5.75 Å². The van der Waals surface area contributed by atoms with E-state index in [4.69, 9.17) is 40.5 Å². The average Bonchev–Trinajstić information content (AvgIpc) is 2.08. The quantitative estimate of drug-likeness (QED) is 0.620. The fourth-order valence-electron chi connectivity index (χ4n) is 0.786. The standard InChI is InChI=1S/C7H3Cl3F3NO/c8-2-1-3(15-7(11,12)13)4(9)5(10)6(2)14/h1H,14H2. The third-order valence-electron chi connectivity index (χ3n) is 1.39. The van der Waals surface area contributed by atoms with Crippen LogP contribution in [0, 0.1) is 0 Å². The second-order valence-electron chi connectivity index (χ2n) is 2.45. The van der Waals surface area contributed by atoms with Crippen molar-refractivity contribution in [2.75, 3.05) is 5.73 Å². The van der Waals surface area contributed by atoms with Gasteiger partial charge in [0.05, 0.1) is 15.7 Å². The minimum absolute atomic E-state index is 0.0992. The molecule has 0 fully saturated rings. The van der Waals surface area contributed by atoms with Gasteiger partial charge in [-0.1, -0.05) is 34.8 Å². The molecular weight excluding hydrogens is 277 g/mol. The number of hydrogen-bond donors (Lipinski definition) is 1. The first kappa shape index (κ1) is 12.5. The van der Waals surface area contributed by atoms with Crippen molar-refractivity contribution in [1.82, 2.24) is 0 Å². The molecule has 0 aliphatic carbocycles. The van der Waals surface area contributed by atoms with E-state index in [1.165, 1.54) is 0 Å². The molecule has 84 valence electrons. The molecule has 15 heavy (non-hydrogen) atoms. The van der Waals surface area contributed by atoms with Crippen molar-refractivity contribution < 1.29 is 17.9 Å². The summed E-state index contributed by atoms with van der Waals surface area (Å²) in [4.78, 5) is 0. The van der Waals surface area contributed by atoms with Crippen molar-refractivity contribution >= 4 is 40.5 Å². The number of hydrogen-bond acceptors (Lipinski definition) is 2. The zero-order valence-electron chi connectivity index (χ0n) is 6.83. The van der Waals surface area contributed by atoms with E-state index in [2.05, 4.69) is 4.74 Å². The molecule has 1 rings (SSSR count). The summed E-state index contributed by atoms with van der Waals surface area (Å²) in [6, 6.07) is 0.846. The molecule has 8 heteroatoms. The van der Waals surface area contributed by atoms with Crippen LogP contribution >= 0.6 is 34.8 Å². The van der Waals surface area contributed by atoms with E-state index >= 15 is 0 Å². The molecule has 0 aromatic heterocycles. The molecule has 2 N–H and O–H groups in total. The molecule has 0 radical (unpaired) electrons. The van der Waals surface area contributed by atoms with E-state index in [-0.39, 0.29) is 15.7 Å². The van der Waals surface area contributed by atoms with E-state index in [0.717, 1.165) is 6.07 Å². The Labute approximate surface area is 97.7 Å². The van der Waals surface area contributed by atoms with Crippen molar-refractivity contribution in [3.63, 3.8) is 0 Å². The van der Waals surface area contributed by atoms with Gasteiger partial charge in [0.2, 0.25) is 0 Å². The molecule has 0 spiro atoms. The van der Waals surface area contributed by atoms with Crippen molar-refractivity contribution in [2.45, 2.75) is 6.36 Å². The fourth-order valence-corrected chi connectivity index (χ4v) is 1.42. The Balaban J connectivity index is 3.21. The lowest BCUT2D eigenvalue weighted by Gasteiger charge is -2.12. The zero-order valence-corrected chi connectivity index (χ0v) is 9.10. The maximum absolute atomic E-state index is 11.9. The van der Waals surface area contributed by atoms with Gasteiger partial charge in [-0.2, -0.15) is 0 Å². The van der Waals surface area contributed by atoms with Gasteiger partial charge in [0, 0.05) is 6.07 Å². The maximum atomic E-state index is 11.9. The third-order valence-corrected chi connectivity index (χ3v) is 2.56. The Morgan fingerprint density at radius 1 is 1.13 bits per heavy atom. The second kappa shape index (κ2) is 4.15. The van der Waals surface area contributed by atoms with Crippen LogP contribution in [0.2, 0.25) is 15.1 Å². The van der Waals surface area contributed by atoms with Gasteiger partial charge in [-0.3, -0.25) is 0 Å². The highest BCUT2D eigenvalue weighted by Crippen LogP contribution is 2.42. The monoisotopic (exact) mass is 279 g/mol. The molecule has 0 unspecified atom stereocenters. The van der Waals surface area contributed by atoms with Gasteiger partial charge in [0.25, 0.3) is 0 Å². The van der Waals surface area contributed by atoms with Gasteiger partial charge in [-0.25, -0.2) is 0 Å². The van der Waals surface area contributed by atoms with Crippen LogP contribution in [0.4, 0.5) is 18.9 Å². The normalized spacial score (nSPS) is 11.6. The molecule has 0 aliphatic heterocycles. The third kappa shape index (κ3) is 2.96. The lowest BCUT2D eigenvalue weighted by atomic mass is 10.3. The first-order valence-electron chi connectivity index (χ1n) is 3.41. The predicted octanol–water partition coefficient (Wildman–Crippen LogP) is 4.13. The van der Waals surface area contributed by atoms with E-state index < -0.39 is 17.1 Å². The van der Waals surface area contributed by atoms with E-state index in [1.54, 1.807) is 0 Å². The summed E-state index contributed by atoms with van der Waals surface area (Å²) in [6.45, 7) is 0. The highest BCUT2D eigenvalue weighted by molar-refractivity contribution is 6.46. The molecule has 0 saturated heterocycles. The van der Waals surface area contributed by atoms with Crippen LogP contribution in [-0.2, 0) is 0 Å². The number of nitrogen functional groups attached to an aromatic ring is 1. The van der Waals surface area contributed by atoms with Gasteiger partial charge < -0.3 is 10.5 Å².